The minimum atomic E-state index is -0.473. The molecule has 0 aliphatic heterocycles. The summed E-state index contributed by atoms with van der Waals surface area (Å²) in [7, 11) is 0. The number of thiocarbonyl (C=S) groups is 1. The molecule has 0 bridgehead atoms. The monoisotopic (exact) mass is 421 g/mol. The van der Waals surface area contributed by atoms with Crippen LogP contribution >= 0.6 is 23.8 Å². The zero-order chi connectivity index (χ0) is 20.5. The Bertz CT molecular complexity index is 876. The number of hydrogen-bond acceptors (Lipinski definition) is 5. The highest BCUT2D eigenvalue weighted by atomic mass is 35.5. The van der Waals surface area contributed by atoms with Crippen LogP contribution in [0.15, 0.2) is 42.5 Å². The first kappa shape index (κ1) is 21.5. The number of carbonyl (C=O) groups is 2. The lowest BCUT2D eigenvalue weighted by molar-refractivity contribution is -0.123. The van der Waals surface area contributed by atoms with Crippen molar-refractivity contribution in [1.82, 2.24) is 16.2 Å². The first-order valence-corrected chi connectivity index (χ1v) is 9.20. The lowest BCUT2D eigenvalue weighted by Crippen LogP contribution is -2.49. The molecule has 0 heterocycles. The van der Waals surface area contributed by atoms with Crippen molar-refractivity contribution in [3.63, 3.8) is 0 Å². The number of para-hydroxylation sites is 1. The third-order valence-electron chi connectivity index (χ3n) is 3.47. The zero-order valence-electron chi connectivity index (χ0n) is 15.4. The Labute approximate surface area is 173 Å². The van der Waals surface area contributed by atoms with E-state index in [9.17, 15) is 9.59 Å². The highest BCUT2D eigenvalue weighted by molar-refractivity contribution is 7.80. The normalized spacial score (nSPS) is 9.96. The summed E-state index contributed by atoms with van der Waals surface area (Å²) in [6.45, 7) is 3.85. The fraction of sp³-hybridized carbons (Fsp3) is 0.211. The van der Waals surface area contributed by atoms with Crippen molar-refractivity contribution in [3.8, 4) is 11.5 Å². The number of carbonyl (C=O) groups excluding carboxylic acids is 2. The third-order valence-corrected chi connectivity index (χ3v) is 4.10. The van der Waals surface area contributed by atoms with Crippen molar-refractivity contribution in [2.45, 2.75) is 13.8 Å². The summed E-state index contributed by atoms with van der Waals surface area (Å²) >= 11 is 11.0. The molecule has 7 nitrogen and oxygen atoms in total. The number of amides is 2. The molecule has 0 spiro atoms. The SMILES string of the molecule is CCOc1ccccc1C(=O)NC(=S)NNC(=O)COc1ccc(Cl)c(C)c1. The number of aryl methyl sites for hydroxylation is 1. The lowest BCUT2D eigenvalue weighted by atomic mass is 10.2. The van der Waals surface area contributed by atoms with Crippen LogP contribution in [-0.2, 0) is 4.79 Å². The molecule has 2 amide bonds. The van der Waals surface area contributed by atoms with Crippen LogP contribution in [-0.4, -0.2) is 30.1 Å². The van der Waals surface area contributed by atoms with E-state index in [2.05, 4.69) is 16.2 Å². The summed E-state index contributed by atoms with van der Waals surface area (Å²) in [6.07, 6.45) is 0. The van der Waals surface area contributed by atoms with E-state index in [0.29, 0.717) is 28.7 Å². The number of halogens is 1. The van der Waals surface area contributed by atoms with Gasteiger partial charge in [-0.25, -0.2) is 0 Å². The second-order valence-corrected chi connectivity index (χ2v) is 6.40. The maximum atomic E-state index is 12.3. The second kappa shape index (κ2) is 10.5. The number of nitrogens with one attached hydrogen (secondary N) is 3. The van der Waals surface area contributed by atoms with E-state index in [1.165, 1.54) is 0 Å². The van der Waals surface area contributed by atoms with E-state index >= 15 is 0 Å². The van der Waals surface area contributed by atoms with Crippen LogP contribution in [0.1, 0.15) is 22.8 Å². The van der Waals surface area contributed by atoms with Crippen LogP contribution in [0.2, 0.25) is 5.02 Å². The van der Waals surface area contributed by atoms with Gasteiger partial charge in [0.05, 0.1) is 12.2 Å². The lowest BCUT2D eigenvalue weighted by Gasteiger charge is -2.13. The van der Waals surface area contributed by atoms with Crippen LogP contribution in [0.25, 0.3) is 0 Å². The predicted molar refractivity (Wildman–Crippen MR) is 111 cm³/mol. The van der Waals surface area contributed by atoms with Gasteiger partial charge in [0.15, 0.2) is 11.7 Å². The molecular formula is C19H20ClN3O4S. The topological polar surface area (TPSA) is 88.7 Å². The average molecular weight is 422 g/mol. The van der Waals surface area contributed by atoms with Gasteiger partial charge in [-0.05, 0) is 62.0 Å². The van der Waals surface area contributed by atoms with Crippen molar-refractivity contribution in [2.24, 2.45) is 0 Å². The Balaban J connectivity index is 1.79. The van der Waals surface area contributed by atoms with Gasteiger partial charge in [0.1, 0.15) is 11.5 Å². The maximum Gasteiger partial charge on any atom is 0.276 e. The molecule has 28 heavy (non-hydrogen) atoms. The van der Waals surface area contributed by atoms with E-state index in [-0.39, 0.29) is 11.7 Å². The molecule has 0 aromatic heterocycles. The predicted octanol–water partition coefficient (Wildman–Crippen LogP) is 2.76. The van der Waals surface area contributed by atoms with E-state index in [4.69, 9.17) is 33.3 Å². The van der Waals surface area contributed by atoms with Gasteiger partial charge < -0.3 is 9.47 Å². The molecule has 0 aliphatic carbocycles. The molecule has 0 aliphatic rings. The summed E-state index contributed by atoms with van der Waals surface area (Å²) in [5, 5.41) is 3.02. The van der Waals surface area contributed by atoms with Crippen LogP contribution in [0, 0.1) is 6.92 Å². The van der Waals surface area contributed by atoms with Gasteiger partial charge in [-0.15, -0.1) is 0 Å². The minimum absolute atomic E-state index is 0.0630. The Morgan fingerprint density at radius 3 is 2.57 bits per heavy atom. The molecular weight excluding hydrogens is 402 g/mol. The number of hydrogen-bond donors (Lipinski definition) is 3. The summed E-state index contributed by atoms with van der Waals surface area (Å²) in [4.78, 5) is 24.1. The fourth-order valence-corrected chi connectivity index (χ4v) is 2.42. The molecule has 0 saturated carbocycles. The maximum absolute atomic E-state index is 12.3. The van der Waals surface area contributed by atoms with E-state index in [1.807, 2.05) is 13.8 Å². The molecule has 2 aromatic rings. The van der Waals surface area contributed by atoms with Crippen molar-refractivity contribution >= 4 is 40.7 Å². The summed E-state index contributed by atoms with van der Waals surface area (Å²) in [5.74, 6) is 0.0315. The van der Waals surface area contributed by atoms with Crippen LogP contribution in [0.5, 0.6) is 11.5 Å². The number of rotatable bonds is 6. The molecule has 0 radical (unpaired) electrons. The van der Waals surface area contributed by atoms with Gasteiger partial charge >= 0.3 is 0 Å². The highest BCUT2D eigenvalue weighted by Gasteiger charge is 2.13. The number of ether oxygens (including phenoxy) is 2. The van der Waals surface area contributed by atoms with Gasteiger partial charge in [0, 0.05) is 5.02 Å². The molecule has 148 valence electrons. The van der Waals surface area contributed by atoms with Gasteiger partial charge in [-0.1, -0.05) is 23.7 Å². The van der Waals surface area contributed by atoms with Crippen molar-refractivity contribution in [2.75, 3.05) is 13.2 Å². The quantitative estimate of drug-likeness (QED) is 0.491. The highest BCUT2D eigenvalue weighted by Crippen LogP contribution is 2.21. The molecule has 2 aromatic carbocycles. The molecule has 0 unspecified atom stereocenters. The molecule has 0 fully saturated rings. The van der Waals surface area contributed by atoms with Gasteiger partial charge in [0.2, 0.25) is 0 Å². The van der Waals surface area contributed by atoms with Crippen LogP contribution < -0.4 is 25.6 Å². The van der Waals surface area contributed by atoms with Crippen molar-refractivity contribution in [1.29, 1.82) is 0 Å². The first-order valence-electron chi connectivity index (χ1n) is 8.41. The van der Waals surface area contributed by atoms with Gasteiger partial charge in [0.25, 0.3) is 11.8 Å². The fourth-order valence-electron chi connectivity index (χ4n) is 2.16. The molecule has 2 rings (SSSR count). The van der Waals surface area contributed by atoms with Crippen molar-refractivity contribution in [3.05, 3.63) is 58.6 Å². The van der Waals surface area contributed by atoms with Crippen LogP contribution in [0.3, 0.4) is 0 Å². The molecule has 0 saturated heterocycles. The minimum Gasteiger partial charge on any atom is -0.493 e. The van der Waals surface area contributed by atoms with Crippen LogP contribution in [0.4, 0.5) is 0 Å². The second-order valence-electron chi connectivity index (χ2n) is 5.59. The smallest absolute Gasteiger partial charge is 0.276 e. The van der Waals surface area contributed by atoms with E-state index in [1.54, 1.807) is 42.5 Å². The Morgan fingerprint density at radius 1 is 1.11 bits per heavy atom. The molecule has 3 N–H and O–H groups in total. The third kappa shape index (κ3) is 6.40. The standard InChI is InChI=1S/C19H20ClN3O4S/c1-3-26-16-7-5-4-6-14(16)18(25)21-19(28)23-22-17(24)11-27-13-8-9-15(20)12(2)10-13/h4-10H,3,11H2,1-2H3,(H,22,24)(H2,21,23,25,28). The number of benzene rings is 2. The van der Waals surface area contributed by atoms with E-state index < -0.39 is 11.8 Å². The van der Waals surface area contributed by atoms with E-state index in [0.717, 1.165) is 5.56 Å². The molecule has 9 heteroatoms. The summed E-state index contributed by atoms with van der Waals surface area (Å²) in [5.41, 5.74) is 5.97. The Kier molecular flexibility index (Phi) is 8.03. The zero-order valence-corrected chi connectivity index (χ0v) is 16.9. The summed E-state index contributed by atoms with van der Waals surface area (Å²) in [6, 6.07) is 11.9. The first-order chi connectivity index (χ1) is 13.4. The largest absolute Gasteiger partial charge is 0.493 e. The van der Waals surface area contributed by atoms with Gasteiger partial charge in [-0.2, -0.15) is 0 Å². The average Bonchev–Trinajstić information content (AvgIpc) is 2.68. The van der Waals surface area contributed by atoms with Crippen molar-refractivity contribution < 1.29 is 19.1 Å². The Hall–Kier alpha value is -2.84. The summed E-state index contributed by atoms with van der Waals surface area (Å²) < 4.78 is 10.8. The van der Waals surface area contributed by atoms with Gasteiger partial charge in [-0.3, -0.25) is 25.8 Å². The Morgan fingerprint density at radius 2 is 1.86 bits per heavy atom. The molecule has 0 atom stereocenters. The number of hydrazine groups is 1.